The number of rotatable bonds is 4. The van der Waals surface area contributed by atoms with E-state index in [9.17, 15) is 13.2 Å². The maximum Gasteiger partial charge on any atom is 0.446 e. The van der Waals surface area contributed by atoms with Gasteiger partial charge in [0.2, 0.25) is 0 Å². The van der Waals surface area contributed by atoms with Crippen LogP contribution in [0.3, 0.4) is 0 Å². The fourth-order valence-corrected chi connectivity index (χ4v) is 3.34. The molecular formula is C16H12ClF3N4S. The highest BCUT2D eigenvalue weighted by molar-refractivity contribution is 8.00. The van der Waals surface area contributed by atoms with Crippen LogP contribution in [0.4, 0.5) is 13.2 Å². The third-order valence-electron chi connectivity index (χ3n) is 3.60. The van der Waals surface area contributed by atoms with Gasteiger partial charge in [-0.1, -0.05) is 30.7 Å². The molecule has 1 atom stereocenters. The minimum atomic E-state index is -4.31. The molecule has 0 aliphatic heterocycles. The van der Waals surface area contributed by atoms with E-state index in [-0.39, 0.29) is 22.6 Å². The molecule has 0 radical (unpaired) electrons. The first-order valence-electron chi connectivity index (χ1n) is 7.21. The van der Waals surface area contributed by atoms with Gasteiger partial charge in [0.15, 0.2) is 0 Å². The summed E-state index contributed by atoms with van der Waals surface area (Å²) in [4.78, 5) is 5.62. The van der Waals surface area contributed by atoms with E-state index in [0.29, 0.717) is 10.7 Å². The van der Waals surface area contributed by atoms with Gasteiger partial charge in [0.1, 0.15) is 5.69 Å². The fraction of sp³-hybridized carbons (Fsp3) is 0.188. The SMILES string of the molecule is CC(c1ccc(SC(F)(F)F)cc1)c1c(Cl)cncc1-n1nccn1. The molecule has 1 aromatic carbocycles. The van der Waals surface area contributed by atoms with Crippen LogP contribution in [0.1, 0.15) is 24.0 Å². The van der Waals surface area contributed by atoms with Gasteiger partial charge in [-0.2, -0.15) is 23.4 Å². The van der Waals surface area contributed by atoms with Crippen molar-refractivity contribution in [1.82, 2.24) is 20.0 Å². The van der Waals surface area contributed by atoms with Crippen molar-refractivity contribution in [3.8, 4) is 5.69 Å². The highest BCUT2D eigenvalue weighted by atomic mass is 35.5. The lowest BCUT2D eigenvalue weighted by Gasteiger charge is -2.18. The molecule has 0 bridgehead atoms. The fourth-order valence-electron chi connectivity index (χ4n) is 2.49. The topological polar surface area (TPSA) is 43.6 Å². The summed E-state index contributed by atoms with van der Waals surface area (Å²) in [5.74, 6) is -0.179. The lowest BCUT2D eigenvalue weighted by Crippen LogP contribution is -2.08. The Hall–Kier alpha value is -2.06. The minimum absolute atomic E-state index is 0.137. The summed E-state index contributed by atoms with van der Waals surface area (Å²) in [5, 5.41) is 8.64. The van der Waals surface area contributed by atoms with E-state index in [2.05, 4.69) is 15.2 Å². The van der Waals surface area contributed by atoms with Crippen molar-refractivity contribution in [1.29, 1.82) is 0 Å². The second-order valence-electron chi connectivity index (χ2n) is 5.21. The number of aromatic nitrogens is 4. The van der Waals surface area contributed by atoms with E-state index >= 15 is 0 Å². The van der Waals surface area contributed by atoms with Crippen LogP contribution in [0.5, 0.6) is 0 Å². The standard InChI is InChI=1S/C16H12ClF3N4S/c1-10(11-2-4-12(5-3-11)25-16(18,19)20)15-13(17)8-21-9-14(15)24-22-6-7-23-24/h2-10H,1H3. The minimum Gasteiger partial charge on any atom is -0.261 e. The molecule has 0 fully saturated rings. The Morgan fingerprint density at radius 3 is 2.32 bits per heavy atom. The molecule has 2 aromatic heterocycles. The highest BCUT2D eigenvalue weighted by Crippen LogP contribution is 2.38. The van der Waals surface area contributed by atoms with Crippen molar-refractivity contribution in [2.24, 2.45) is 0 Å². The van der Waals surface area contributed by atoms with Gasteiger partial charge in [0.05, 0.1) is 23.6 Å². The summed E-state index contributed by atoms with van der Waals surface area (Å²) in [6.07, 6.45) is 6.21. The molecule has 0 saturated carbocycles. The number of benzene rings is 1. The van der Waals surface area contributed by atoms with E-state index in [4.69, 9.17) is 11.6 Å². The first kappa shape index (κ1) is 17.8. The summed E-state index contributed by atoms with van der Waals surface area (Å²) < 4.78 is 37.4. The Balaban J connectivity index is 1.95. The van der Waals surface area contributed by atoms with Crippen molar-refractivity contribution in [3.63, 3.8) is 0 Å². The van der Waals surface area contributed by atoms with Crippen LogP contribution in [0, 0.1) is 0 Å². The van der Waals surface area contributed by atoms with E-state index in [1.165, 1.54) is 23.1 Å². The summed E-state index contributed by atoms with van der Waals surface area (Å²) in [6, 6.07) is 6.22. The van der Waals surface area contributed by atoms with Crippen LogP contribution < -0.4 is 0 Å². The Kier molecular flexibility index (Phi) is 5.01. The molecule has 0 aliphatic carbocycles. The lowest BCUT2D eigenvalue weighted by molar-refractivity contribution is -0.0328. The summed E-state index contributed by atoms with van der Waals surface area (Å²) in [5.41, 5.74) is -2.10. The van der Waals surface area contributed by atoms with E-state index < -0.39 is 5.51 Å². The monoisotopic (exact) mass is 384 g/mol. The number of hydrogen-bond acceptors (Lipinski definition) is 4. The predicted molar refractivity (Wildman–Crippen MR) is 90.0 cm³/mol. The van der Waals surface area contributed by atoms with Gasteiger partial charge >= 0.3 is 5.51 Å². The Morgan fingerprint density at radius 2 is 1.72 bits per heavy atom. The van der Waals surface area contributed by atoms with Crippen molar-refractivity contribution >= 4 is 23.4 Å². The van der Waals surface area contributed by atoms with Crippen LogP contribution in [0.15, 0.2) is 53.9 Å². The average molecular weight is 385 g/mol. The van der Waals surface area contributed by atoms with Gasteiger partial charge in [-0.15, -0.1) is 4.80 Å². The molecule has 3 rings (SSSR count). The number of halogens is 4. The van der Waals surface area contributed by atoms with Crippen LogP contribution >= 0.6 is 23.4 Å². The third kappa shape index (κ3) is 4.13. The number of nitrogens with zero attached hydrogens (tertiary/aromatic N) is 4. The van der Waals surface area contributed by atoms with Gasteiger partial charge in [-0.3, -0.25) is 4.98 Å². The summed E-state index contributed by atoms with van der Waals surface area (Å²) in [7, 11) is 0. The maximum atomic E-state index is 12.5. The Bertz CT molecular complexity index is 851. The van der Waals surface area contributed by atoms with Gasteiger partial charge in [-0.25, -0.2) is 0 Å². The highest BCUT2D eigenvalue weighted by Gasteiger charge is 2.29. The molecule has 2 heterocycles. The molecular weight excluding hydrogens is 373 g/mol. The maximum absolute atomic E-state index is 12.5. The molecule has 3 aromatic rings. The van der Waals surface area contributed by atoms with Gasteiger partial charge in [-0.05, 0) is 29.5 Å². The molecule has 25 heavy (non-hydrogen) atoms. The van der Waals surface area contributed by atoms with E-state index in [1.54, 1.807) is 30.7 Å². The summed E-state index contributed by atoms with van der Waals surface area (Å²) >= 11 is 6.19. The quantitative estimate of drug-likeness (QED) is 0.588. The molecule has 4 nitrogen and oxygen atoms in total. The third-order valence-corrected chi connectivity index (χ3v) is 4.64. The molecule has 0 N–H and O–H groups in total. The average Bonchev–Trinajstić information content (AvgIpc) is 3.07. The zero-order chi connectivity index (χ0) is 18.0. The molecule has 0 spiro atoms. The zero-order valence-electron chi connectivity index (χ0n) is 12.9. The van der Waals surface area contributed by atoms with E-state index in [0.717, 1.165) is 11.1 Å². The number of hydrogen-bond donors (Lipinski definition) is 0. The van der Waals surface area contributed by atoms with Crippen molar-refractivity contribution in [2.75, 3.05) is 0 Å². The Labute approximate surface area is 151 Å². The normalized spacial score (nSPS) is 13.0. The van der Waals surface area contributed by atoms with Crippen molar-refractivity contribution < 1.29 is 13.2 Å². The van der Waals surface area contributed by atoms with Crippen molar-refractivity contribution in [2.45, 2.75) is 23.2 Å². The second-order valence-corrected chi connectivity index (χ2v) is 6.76. The Morgan fingerprint density at radius 1 is 1.08 bits per heavy atom. The van der Waals surface area contributed by atoms with E-state index in [1.807, 2.05) is 6.92 Å². The molecule has 0 amide bonds. The first-order valence-corrected chi connectivity index (χ1v) is 8.40. The molecule has 130 valence electrons. The summed E-state index contributed by atoms with van der Waals surface area (Å²) in [6.45, 7) is 1.92. The van der Waals surface area contributed by atoms with Crippen LogP contribution in [0.2, 0.25) is 5.02 Å². The molecule has 0 saturated heterocycles. The van der Waals surface area contributed by atoms with Crippen molar-refractivity contribution in [3.05, 3.63) is 65.2 Å². The molecule has 1 unspecified atom stereocenters. The van der Waals surface area contributed by atoms with Crippen LogP contribution in [0.25, 0.3) is 5.69 Å². The van der Waals surface area contributed by atoms with Crippen LogP contribution in [-0.4, -0.2) is 25.5 Å². The van der Waals surface area contributed by atoms with Gasteiger partial charge in [0, 0.05) is 22.6 Å². The number of pyridine rings is 1. The van der Waals surface area contributed by atoms with Crippen LogP contribution in [-0.2, 0) is 0 Å². The number of alkyl halides is 3. The second kappa shape index (κ2) is 7.05. The van der Waals surface area contributed by atoms with Gasteiger partial charge < -0.3 is 0 Å². The molecule has 0 aliphatic rings. The van der Waals surface area contributed by atoms with Gasteiger partial charge in [0.25, 0.3) is 0 Å². The number of thioether (sulfide) groups is 1. The predicted octanol–water partition coefficient (Wildman–Crippen LogP) is 5.08. The largest absolute Gasteiger partial charge is 0.446 e. The molecule has 9 heteroatoms. The first-order chi connectivity index (χ1) is 11.8. The zero-order valence-corrected chi connectivity index (χ0v) is 14.5. The lowest BCUT2D eigenvalue weighted by atomic mass is 9.93. The smallest absolute Gasteiger partial charge is 0.261 e.